The molecule has 0 spiro atoms. The van der Waals surface area contributed by atoms with Crippen LogP contribution >= 0.6 is 0 Å². The molecule has 2 aromatic rings. The summed E-state index contributed by atoms with van der Waals surface area (Å²) in [7, 11) is 0. The third-order valence-electron chi connectivity index (χ3n) is 6.09. The van der Waals surface area contributed by atoms with Gasteiger partial charge in [-0.05, 0) is 61.4 Å². The van der Waals surface area contributed by atoms with Crippen LogP contribution in [0.5, 0.6) is 11.5 Å². The van der Waals surface area contributed by atoms with Gasteiger partial charge in [0.1, 0.15) is 48.6 Å². The Morgan fingerprint density at radius 2 is 1.05 bits per heavy atom. The molecule has 0 aliphatic heterocycles. The van der Waals surface area contributed by atoms with Crippen LogP contribution in [-0.4, -0.2) is 75.2 Å². The number of carbonyl (C=O) groups excluding carboxylic acids is 2. The van der Waals surface area contributed by atoms with Crippen LogP contribution in [0.3, 0.4) is 0 Å². The highest BCUT2D eigenvalue weighted by atomic mass is 16.5. The Kier molecular flexibility index (Phi) is 15.4. The van der Waals surface area contributed by atoms with Gasteiger partial charge in [0.15, 0.2) is 0 Å². The molecule has 0 saturated heterocycles. The lowest BCUT2D eigenvalue weighted by Crippen LogP contribution is -2.47. The van der Waals surface area contributed by atoms with Gasteiger partial charge in [0.25, 0.3) is 0 Å². The van der Waals surface area contributed by atoms with Gasteiger partial charge in [0, 0.05) is 37.4 Å². The maximum absolute atomic E-state index is 12.5. The van der Waals surface area contributed by atoms with Gasteiger partial charge in [-0.3, -0.25) is 20.4 Å². The summed E-state index contributed by atoms with van der Waals surface area (Å²) in [4.78, 5) is 25.1. The lowest BCUT2D eigenvalue weighted by Gasteiger charge is -2.20. The van der Waals surface area contributed by atoms with E-state index in [4.69, 9.17) is 41.2 Å². The molecule has 0 aliphatic carbocycles. The van der Waals surface area contributed by atoms with Gasteiger partial charge in [-0.25, -0.2) is 0 Å². The number of carbonyl (C=O) groups is 2. The molecule has 8 N–H and O–H groups in total. The average Bonchev–Trinajstić information content (AvgIpc) is 2.99. The van der Waals surface area contributed by atoms with Crippen LogP contribution in [0.2, 0.25) is 0 Å². The highest BCUT2D eigenvalue weighted by Gasteiger charge is 2.19. The molecule has 0 heterocycles. The summed E-state index contributed by atoms with van der Waals surface area (Å²) in [6.45, 7) is 5.55. The van der Waals surface area contributed by atoms with Crippen molar-refractivity contribution in [1.82, 2.24) is 10.6 Å². The summed E-state index contributed by atoms with van der Waals surface area (Å²) in [5.41, 5.74) is 12.2. The van der Waals surface area contributed by atoms with E-state index in [1.54, 1.807) is 48.5 Å². The van der Waals surface area contributed by atoms with Crippen LogP contribution in [0.1, 0.15) is 50.7 Å². The smallest absolute Gasteiger partial charge is 0.309 e. The van der Waals surface area contributed by atoms with Gasteiger partial charge in [0.2, 0.25) is 0 Å². The van der Waals surface area contributed by atoms with Crippen molar-refractivity contribution in [2.24, 2.45) is 11.5 Å². The minimum absolute atomic E-state index is 0.0323. The van der Waals surface area contributed by atoms with Crippen molar-refractivity contribution in [1.29, 1.82) is 10.8 Å². The molecule has 0 aliphatic rings. The normalized spacial score (nSPS) is 12.1. The Morgan fingerprint density at radius 3 is 1.36 bits per heavy atom. The van der Waals surface area contributed by atoms with E-state index in [1.807, 2.05) is 13.8 Å². The predicted molar refractivity (Wildman–Crippen MR) is 161 cm³/mol. The molecular formula is C30H44N6O6. The van der Waals surface area contributed by atoms with E-state index >= 15 is 0 Å². The number of amidine groups is 2. The molecule has 2 rings (SSSR count). The number of nitrogens with two attached hydrogens (primary N) is 2. The number of nitrogen functional groups attached to an aromatic ring is 2. The van der Waals surface area contributed by atoms with E-state index in [2.05, 4.69) is 10.6 Å². The summed E-state index contributed by atoms with van der Waals surface area (Å²) in [6, 6.07) is 13.6. The molecule has 2 atom stereocenters. The third-order valence-corrected chi connectivity index (χ3v) is 6.09. The zero-order chi connectivity index (χ0) is 30.7. The quantitative estimate of drug-likeness (QED) is 0.0590. The van der Waals surface area contributed by atoms with Crippen molar-refractivity contribution in [3.05, 3.63) is 59.7 Å². The SMILES string of the molecule is CCCCOC(CNC(=O)C(=O)NCC(COc1ccc(C(=N)N)cc1)OCCCC)COc1ccc(C(=N)N)cc1. The molecular weight excluding hydrogens is 540 g/mol. The van der Waals surface area contributed by atoms with Crippen LogP contribution < -0.4 is 31.6 Å². The molecule has 12 nitrogen and oxygen atoms in total. The Labute approximate surface area is 247 Å². The zero-order valence-corrected chi connectivity index (χ0v) is 24.4. The maximum Gasteiger partial charge on any atom is 0.309 e. The molecule has 2 amide bonds. The van der Waals surface area contributed by atoms with Crippen molar-refractivity contribution in [3.63, 3.8) is 0 Å². The van der Waals surface area contributed by atoms with Crippen LogP contribution in [0.25, 0.3) is 0 Å². The van der Waals surface area contributed by atoms with E-state index in [-0.39, 0.29) is 38.0 Å². The largest absolute Gasteiger partial charge is 0.491 e. The minimum Gasteiger partial charge on any atom is -0.491 e. The van der Waals surface area contributed by atoms with Gasteiger partial charge < -0.3 is 41.0 Å². The van der Waals surface area contributed by atoms with Gasteiger partial charge in [-0.15, -0.1) is 0 Å². The molecule has 0 radical (unpaired) electrons. The fourth-order valence-electron chi connectivity index (χ4n) is 3.53. The summed E-state index contributed by atoms with van der Waals surface area (Å²) >= 11 is 0. The molecule has 2 unspecified atom stereocenters. The van der Waals surface area contributed by atoms with Gasteiger partial charge in [-0.1, -0.05) is 26.7 Å². The second-order valence-corrected chi connectivity index (χ2v) is 9.61. The minimum atomic E-state index is -0.794. The molecule has 2 aromatic carbocycles. The van der Waals surface area contributed by atoms with Crippen molar-refractivity contribution >= 4 is 23.5 Å². The zero-order valence-electron chi connectivity index (χ0n) is 24.4. The number of rotatable bonds is 20. The Hall–Kier alpha value is -4.16. The first-order chi connectivity index (χ1) is 20.2. The third kappa shape index (κ3) is 13.0. The summed E-state index contributed by atoms with van der Waals surface area (Å²) in [5, 5.41) is 20.2. The molecule has 42 heavy (non-hydrogen) atoms. The van der Waals surface area contributed by atoms with E-state index in [0.717, 1.165) is 25.7 Å². The van der Waals surface area contributed by atoms with Gasteiger partial charge >= 0.3 is 11.8 Å². The Bertz CT molecular complexity index is 1040. The molecule has 230 valence electrons. The van der Waals surface area contributed by atoms with Crippen LogP contribution in [0, 0.1) is 10.8 Å². The lowest BCUT2D eigenvalue weighted by atomic mass is 10.2. The molecule has 0 fully saturated rings. The van der Waals surface area contributed by atoms with Crippen LogP contribution in [0.15, 0.2) is 48.5 Å². The van der Waals surface area contributed by atoms with Crippen LogP contribution in [0.4, 0.5) is 0 Å². The number of hydrogen-bond acceptors (Lipinski definition) is 8. The highest BCUT2D eigenvalue weighted by Crippen LogP contribution is 2.14. The number of hydrogen-bond donors (Lipinski definition) is 6. The highest BCUT2D eigenvalue weighted by molar-refractivity contribution is 6.35. The monoisotopic (exact) mass is 584 g/mol. The van der Waals surface area contributed by atoms with Gasteiger partial charge in [-0.2, -0.15) is 0 Å². The molecule has 0 aromatic heterocycles. The molecule has 0 saturated carbocycles. The standard InChI is InChI=1S/C30H44N6O6/c1-3-5-15-39-25(19-41-23-11-7-21(8-12-23)27(31)32)17-35-29(37)30(38)36-18-26(40-16-6-4-2)20-42-24-13-9-22(10-14-24)28(33)34/h7-14,25-26H,3-6,15-20H2,1-2H3,(H3,31,32)(H3,33,34)(H,35,37)(H,36,38). The summed E-state index contributed by atoms with van der Waals surface area (Å²) in [6.07, 6.45) is 2.64. The fraction of sp³-hybridized carbons (Fsp3) is 0.467. The van der Waals surface area contributed by atoms with Crippen LogP contribution in [-0.2, 0) is 19.1 Å². The average molecular weight is 585 g/mol. The summed E-state index contributed by atoms with van der Waals surface area (Å²) in [5.74, 6) is -0.514. The Morgan fingerprint density at radius 1 is 0.690 bits per heavy atom. The molecule has 0 bridgehead atoms. The van der Waals surface area contributed by atoms with Crippen molar-refractivity contribution in [2.75, 3.05) is 39.5 Å². The maximum atomic E-state index is 12.5. The van der Waals surface area contributed by atoms with E-state index in [9.17, 15) is 9.59 Å². The topological polar surface area (TPSA) is 195 Å². The molecule has 12 heteroatoms. The van der Waals surface area contributed by atoms with E-state index in [1.165, 1.54) is 0 Å². The number of amides is 2. The fourth-order valence-corrected chi connectivity index (χ4v) is 3.53. The first kappa shape index (κ1) is 34.0. The number of ether oxygens (including phenoxy) is 4. The lowest BCUT2D eigenvalue weighted by molar-refractivity contribution is -0.140. The van der Waals surface area contributed by atoms with Crippen molar-refractivity contribution in [2.45, 2.75) is 51.7 Å². The summed E-state index contributed by atoms with van der Waals surface area (Å²) < 4.78 is 23.3. The number of unbranched alkanes of at least 4 members (excludes halogenated alkanes) is 2. The van der Waals surface area contributed by atoms with E-state index in [0.29, 0.717) is 35.8 Å². The predicted octanol–water partition coefficient (Wildman–Crippen LogP) is 2.32. The van der Waals surface area contributed by atoms with E-state index < -0.39 is 24.0 Å². The number of benzene rings is 2. The first-order valence-corrected chi connectivity index (χ1v) is 14.2. The van der Waals surface area contributed by atoms with Crippen molar-refractivity contribution in [3.8, 4) is 11.5 Å². The van der Waals surface area contributed by atoms with Gasteiger partial charge in [0.05, 0.1) is 0 Å². The first-order valence-electron chi connectivity index (χ1n) is 14.2. The second kappa shape index (κ2) is 19.1. The van der Waals surface area contributed by atoms with Crippen molar-refractivity contribution < 1.29 is 28.5 Å². The number of nitrogens with one attached hydrogen (secondary N) is 4. The Balaban J connectivity index is 1.86. The second-order valence-electron chi connectivity index (χ2n) is 9.61.